The first kappa shape index (κ1) is 15.2. The Balaban J connectivity index is 2.81. The highest BCUT2D eigenvalue weighted by Crippen LogP contribution is 2.18. The molecule has 1 heterocycles. The summed E-state index contributed by atoms with van der Waals surface area (Å²) in [5.74, 6) is -1.08. The number of carbonyl (C=O) groups excluding carboxylic acids is 2. The van der Waals surface area contributed by atoms with Crippen LogP contribution < -0.4 is 11.2 Å². The average molecular weight is 268 g/mol. The van der Waals surface area contributed by atoms with Crippen LogP contribution in [0.5, 0.6) is 0 Å². The minimum atomic E-state index is -0.648. The number of aromatic nitrogens is 2. The van der Waals surface area contributed by atoms with Gasteiger partial charge in [0.15, 0.2) is 6.61 Å². The Morgan fingerprint density at radius 3 is 2.63 bits per heavy atom. The Bertz CT molecular complexity index is 452. The third-order valence-electron chi connectivity index (χ3n) is 2.76. The number of aryl methyl sites for hydroxylation is 1. The van der Waals surface area contributed by atoms with Gasteiger partial charge in [-0.15, -0.1) is 0 Å². The molecular formula is C12H20N4O3. The summed E-state index contributed by atoms with van der Waals surface area (Å²) >= 11 is 0. The normalized spacial score (nSPS) is 10.7. The zero-order chi connectivity index (χ0) is 14.4. The molecule has 1 aromatic heterocycles. The van der Waals surface area contributed by atoms with E-state index in [1.807, 2.05) is 20.8 Å². The predicted octanol–water partition coefficient (Wildman–Crippen LogP) is 0.699. The molecule has 19 heavy (non-hydrogen) atoms. The van der Waals surface area contributed by atoms with Crippen molar-refractivity contribution in [1.82, 2.24) is 15.3 Å². The topological polar surface area (TPSA) is 99.2 Å². The first-order valence-electron chi connectivity index (χ1n) is 6.26. The Hall–Kier alpha value is -1.89. The van der Waals surface area contributed by atoms with E-state index in [4.69, 9.17) is 10.6 Å². The summed E-state index contributed by atoms with van der Waals surface area (Å²) in [6.07, 6.45) is 1.75. The van der Waals surface area contributed by atoms with Crippen LogP contribution in [0.2, 0.25) is 0 Å². The molecule has 106 valence electrons. The molecular weight excluding hydrogens is 248 g/mol. The van der Waals surface area contributed by atoms with E-state index in [9.17, 15) is 9.59 Å². The molecule has 1 rings (SSSR count). The molecule has 0 fully saturated rings. The highest BCUT2D eigenvalue weighted by Gasteiger charge is 2.18. The Morgan fingerprint density at radius 2 is 2.11 bits per heavy atom. The predicted molar refractivity (Wildman–Crippen MR) is 69.2 cm³/mol. The largest absolute Gasteiger partial charge is 0.368 e. The van der Waals surface area contributed by atoms with Gasteiger partial charge in [-0.05, 0) is 25.8 Å². The molecule has 7 heteroatoms. The third kappa shape index (κ3) is 4.06. The van der Waals surface area contributed by atoms with Gasteiger partial charge in [0.25, 0.3) is 5.91 Å². The zero-order valence-electron chi connectivity index (χ0n) is 11.5. The second-order valence-electron chi connectivity index (χ2n) is 4.27. The number of amides is 2. The van der Waals surface area contributed by atoms with Gasteiger partial charge in [0.1, 0.15) is 5.69 Å². The second kappa shape index (κ2) is 6.89. The standard InChI is InChI=1S/C12H20N4O3/c1-4-9(5-2)16-10(6-8(3)14-16)12(18)15-19-7-11(13)17/h6,9H,4-5,7H2,1-3H3,(H2,13,17)(H,15,18). The third-order valence-corrected chi connectivity index (χ3v) is 2.76. The van der Waals surface area contributed by atoms with E-state index >= 15 is 0 Å². The monoisotopic (exact) mass is 268 g/mol. The number of rotatable bonds is 7. The van der Waals surface area contributed by atoms with E-state index in [-0.39, 0.29) is 12.6 Å². The first-order valence-corrected chi connectivity index (χ1v) is 6.26. The molecule has 0 aliphatic rings. The molecule has 7 nitrogen and oxygen atoms in total. The van der Waals surface area contributed by atoms with Crippen LogP contribution in [-0.4, -0.2) is 28.2 Å². The molecule has 0 radical (unpaired) electrons. The molecule has 0 aromatic carbocycles. The van der Waals surface area contributed by atoms with Crippen LogP contribution >= 0.6 is 0 Å². The number of hydrogen-bond donors (Lipinski definition) is 2. The van der Waals surface area contributed by atoms with Crippen molar-refractivity contribution < 1.29 is 14.4 Å². The highest BCUT2D eigenvalue weighted by molar-refractivity contribution is 5.92. The number of nitrogens with one attached hydrogen (secondary N) is 1. The Morgan fingerprint density at radius 1 is 1.47 bits per heavy atom. The van der Waals surface area contributed by atoms with Crippen molar-refractivity contribution in [2.24, 2.45) is 5.73 Å². The Labute approximate surface area is 112 Å². The van der Waals surface area contributed by atoms with Crippen LogP contribution in [0.3, 0.4) is 0 Å². The second-order valence-corrected chi connectivity index (χ2v) is 4.27. The number of hydroxylamine groups is 1. The zero-order valence-corrected chi connectivity index (χ0v) is 11.5. The number of nitrogens with two attached hydrogens (primary N) is 1. The summed E-state index contributed by atoms with van der Waals surface area (Å²) in [5, 5.41) is 4.33. The van der Waals surface area contributed by atoms with Gasteiger partial charge in [0.05, 0.1) is 11.7 Å². The molecule has 0 aliphatic heterocycles. The molecule has 2 amide bonds. The lowest BCUT2D eigenvalue weighted by Crippen LogP contribution is -2.31. The summed E-state index contributed by atoms with van der Waals surface area (Å²) in [4.78, 5) is 27.2. The van der Waals surface area contributed by atoms with Crippen molar-refractivity contribution in [2.45, 2.75) is 39.7 Å². The number of primary amides is 1. The van der Waals surface area contributed by atoms with Crippen molar-refractivity contribution >= 4 is 11.8 Å². The minimum absolute atomic E-state index is 0.158. The highest BCUT2D eigenvalue weighted by atomic mass is 16.7. The van der Waals surface area contributed by atoms with E-state index in [0.717, 1.165) is 18.5 Å². The van der Waals surface area contributed by atoms with Gasteiger partial charge >= 0.3 is 0 Å². The van der Waals surface area contributed by atoms with Crippen LogP contribution in [0, 0.1) is 6.92 Å². The van der Waals surface area contributed by atoms with Crippen molar-refractivity contribution in [1.29, 1.82) is 0 Å². The van der Waals surface area contributed by atoms with Crippen molar-refractivity contribution in [3.8, 4) is 0 Å². The smallest absolute Gasteiger partial charge is 0.293 e. The lowest BCUT2D eigenvalue weighted by Gasteiger charge is -2.16. The summed E-state index contributed by atoms with van der Waals surface area (Å²) in [7, 11) is 0. The lowest BCUT2D eigenvalue weighted by atomic mass is 10.2. The molecule has 0 saturated carbocycles. The molecule has 0 bridgehead atoms. The van der Waals surface area contributed by atoms with E-state index in [1.54, 1.807) is 10.7 Å². The van der Waals surface area contributed by atoms with E-state index in [0.29, 0.717) is 5.69 Å². The molecule has 0 unspecified atom stereocenters. The van der Waals surface area contributed by atoms with Crippen LogP contribution in [0.1, 0.15) is 48.9 Å². The van der Waals surface area contributed by atoms with Crippen molar-refractivity contribution in [3.63, 3.8) is 0 Å². The maximum Gasteiger partial charge on any atom is 0.293 e. The van der Waals surface area contributed by atoms with Gasteiger partial charge in [-0.3, -0.25) is 19.1 Å². The minimum Gasteiger partial charge on any atom is -0.368 e. The van der Waals surface area contributed by atoms with Crippen molar-refractivity contribution in [2.75, 3.05) is 6.61 Å². The Kier molecular flexibility index (Phi) is 5.50. The number of nitrogens with zero attached hydrogens (tertiary/aromatic N) is 2. The summed E-state index contributed by atoms with van der Waals surface area (Å²) in [6.45, 7) is 5.54. The fourth-order valence-corrected chi connectivity index (χ4v) is 1.82. The molecule has 3 N–H and O–H groups in total. The maximum absolute atomic E-state index is 11.9. The quantitative estimate of drug-likeness (QED) is 0.711. The molecule has 1 aromatic rings. The van der Waals surface area contributed by atoms with Gasteiger partial charge in [-0.2, -0.15) is 5.10 Å². The molecule has 0 spiro atoms. The number of carbonyl (C=O) groups is 2. The van der Waals surface area contributed by atoms with Crippen LogP contribution in [0.25, 0.3) is 0 Å². The van der Waals surface area contributed by atoms with Crippen LogP contribution in [0.15, 0.2) is 6.07 Å². The van der Waals surface area contributed by atoms with Gasteiger partial charge < -0.3 is 5.73 Å². The molecule has 0 saturated heterocycles. The average Bonchev–Trinajstić information content (AvgIpc) is 2.72. The van der Waals surface area contributed by atoms with E-state index in [1.165, 1.54) is 0 Å². The van der Waals surface area contributed by atoms with Crippen LogP contribution in [-0.2, 0) is 9.63 Å². The fraction of sp³-hybridized carbons (Fsp3) is 0.583. The van der Waals surface area contributed by atoms with Crippen molar-refractivity contribution in [3.05, 3.63) is 17.5 Å². The first-order chi connectivity index (χ1) is 8.99. The lowest BCUT2D eigenvalue weighted by molar-refractivity contribution is -0.124. The number of hydrogen-bond acceptors (Lipinski definition) is 4. The van der Waals surface area contributed by atoms with E-state index < -0.39 is 11.8 Å². The van der Waals surface area contributed by atoms with Gasteiger partial charge in [-0.25, -0.2) is 5.48 Å². The van der Waals surface area contributed by atoms with Gasteiger partial charge in [0, 0.05) is 0 Å². The summed E-state index contributed by atoms with van der Waals surface area (Å²) in [5.41, 5.74) is 8.27. The summed E-state index contributed by atoms with van der Waals surface area (Å²) < 4.78 is 1.69. The maximum atomic E-state index is 11.9. The molecule has 0 aliphatic carbocycles. The fourth-order valence-electron chi connectivity index (χ4n) is 1.82. The van der Waals surface area contributed by atoms with Crippen LogP contribution in [0.4, 0.5) is 0 Å². The van der Waals surface area contributed by atoms with Gasteiger partial charge in [0.2, 0.25) is 5.91 Å². The molecule has 0 atom stereocenters. The van der Waals surface area contributed by atoms with E-state index in [2.05, 4.69) is 10.6 Å². The SMILES string of the molecule is CCC(CC)n1nc(C)cc1C(=O)NOCC(N)=O. The summed E-state index contributed by atoms with van der Waals surface area (Å²) in [6, 6.07) is 1.84. The van der Waals surface area contributed by atoms with Gasteiger partial charge in [-0.1, -0.05) is 13.8 Å².